The highest BCUT2D eigenvalue weighted by Crippen LogP contribution is 2.23. The Morgan fingerprint density at radius 2 is 2.00 bits per heavy atom. The third-order valence-corrected chi connectivity index (χ3v) is 3.66. The first-order valence-electron chi connectivity index (χ1n) is 6.33. The number of ether oxygens (including phenoxy) is 1. The fourth-order valence-corrected chi connectivity index (χ4v) is 2.11. The third kappa shape index (κ3) is 4.88. The zero-order valence-corrected chi connectivity index (χ0v) is 13.3. The van der Waals surface area contributed by atoms with Gasteiger partial charge in [0.1, 0.15) is 0 Å². The van der Waals surface area contributed by atoms with E-state index < -0.39 is 11.9 Å². The summed E-state index contributed by atoms with van der Waals surface area (Å²) >= 11 is 11.7. The molecular formula is C14H17Cl2NO4. The maximum absolute atomic E-state index is 12.4. The molecule has 0 saturated heterocycles. The van der Waals surface area contributed by atoms with E-state index in [4.69, 9.17) is 28.3 Å². The molecule has 1 aromatic rings. The summed E-state index contributed by atoms with van der Waals surface area (Å²) in [5.74, 6) is -1.24. The summed E-state index contributed by atoms with van der Waals surface area (Å²) < 4.78 is 4.63. The highest BCUT2D eigenvalue weighted by atomic mass is 35.5. The lowest BCUT2D eigenvalue weighted by Gasteiger charge is -2.24. The Labute approximate surface area is 133 Å². The maximum atomic E-state index is 12.4. The van der Waals surface area contributed by atoms with Crippen LogP contribution in [0.4, 0.5) is 0 Å². The first-order chi connectivity index (χ1) is 9.90. The van der Waals surface area contributed by atoms with Crippen LogP contribution in [0.1, 0.15) is 17.3 Å². The Morgan fingerprint density at radius 3 is 2.52 bits per heavy atom. The van der Waals surface area contributed by atoms with Gasteiger partial charge < -0.3 is 14.7 Å². The molecule has 0 heterocycles. The molecule has 0 aliphatic heterocycles. The molecule has 0 saturated carbocycles. The molecule has 0 aliphatic rings. The number of aliphatic hydroxyl groups is 1. The number of carbonyl (C=O) groups excluding carboxylic acids is 2. The van der Waals surface area contributed by atoms with Crippen molar-refractivity contribution in [3.05, 3.63) is 33.8 Å². The van der Waals surface area contributed by atoms with E-state index in [1.807, 2.05) is 0 Å². The number of benzene rings is 1. The van der Waals surface area contributed by atoms with E-state index in [2.05, 4.69) is 4.74 Å². The van der Waals surface area contributed by atoms with Gasteiger partial charge in [-0.15, -0.1) is 0 Å². The van der Waals surface area contributed by atoms with Gasteiger partial charge in [-0.05, 0) is 18.2 Å². The average molecular weight is 334 g/mol. The summed E-state index contributed by atoms with van der Waals surface area (Å²) in [5.41, 5.74) is 0.343. The molecule has 116 valence electrons. The van der Waals surface area contributed by atoms with Crippen molar-refractivity contribution in [2.75, 3.05) is 26.8 Å². The van der Waals surface area contributed by atoms with Gasteiger partial charge in [0.15, 0.2) is 0 Å². The minimum Gasteiger partial charge on any atom is -0.469 e. The molecule has 1 unspecified atom stereocenters. The Kier molecular flexibility index (Phi) is 6.95. The van der Waals surface area contributed by atoms with E-state index >= 15 is 0 Å². The maximum Gasteiger partial charge on any atom is 0.310 e. The molecule has 0 bridgehead atoms. The molecule has 1 atom stereocenters. The van der Waals surface area contributed by atoms with E-state index in [9.17, 15) is 9.59 Å². The third-order valence-electron chi connectivity index (χ3n) is 2.92. The second-order valence-electron chi connectivity index (χ2n) is 4.53. The zero-order chi connectivity index (χ0) is 16.0. The van der Waals surface area contributed by atoms with Crippen molar-refractivity contribution in [1.29, 1.82) is 0 Å². The predicted octanol–water partition coefficient (Wildman–Crippen LogP) is 2.24. The van der Waals surface area contributed by atoms with Crippen LogP contribution < -0.4 is 0 Å². The van der Waals surface area contributed by atoms with Gasteiger partial charge in [-0.25, -0.2) is 0 Å². The number of aliphatic hydroxyl groups excluding tert-OH is 1. The van der Waals surface area contributed by atoms with Crippen molar-refractivity contribution in [1.82, 2.24) is 4.90 Å². The van der Waals surface area contributed by atoms with E-state index in [0.717, 1.165) is 0 Å². The van der Waals surface area contributed by atoms with E-state index in [-0.39, 0.29) is 30.6 Å². The topological polar surface area (TPSA) is 66.8 Å². The minimum atomic E-state index is -0.492. The number of nitrogens with zero attached hydrogens (tertiary/aromatic N) is 1. The molecule has 7 heteroatoms. The largest absolute Gasteiger partial charge is 0.469 e. The number of methoxy groups -OCH3 is 1. The van der Waals surface area contributed by atoms with Crippen LogP contribution in [0.15, 0.2) is 18.2 Å². The Morgan fingerprint density at radius 1 is 1.33 bits per heavy atom. The summed E-state index contributed by atoms with van der Waals surface area (Å²) in [7, 11) is 1.29. The molecule has 21 heavy (non-hydrogen) atoms. The lowest BCUT2D eigenvalue weighted by molar-refractivity contribution is -0.145. The van der Waals surface area contributed by atoms with Crippen molar-refractivity contribution >= 4 is 35.1 Å². The van der Waals surface area contributed by atoms with Gasteiger partial charge in [0, 0.05) is 18.7 Å². The van der Waals surface area contributed by atoms with Crippen molar-refractivity contribution in [3.8, 4) is 0 Å². The number of hydrogen-bond donors (Lipinski definition) is 1. The zero-order valence-electron chi connectivity index (χ0n) is 11.8. The lowest BCUT2D eigenvalue weighted by atomic mass is 10.1. The second-order valence-corrected chi connectivity index (χ2v) is 5.34. The van der Waals surface area contributed by atoms with Crippen LogP contribution >= 0.6 is 23.2 Å². The number of hydrogen-bond acceptors (Lipinski definition) is 4. The van der Waals surface area contributed by atoms with Crippen LogP contribution in [0.25, 0.3) is 0 Å². The average Bonchev–Trinajstić information content (AvgIpc) is 2.47. The van der Waals surface area contributed by atoms with Crippen molar-refractivity contribution in [2.24, 2.45) is 5.92 Å². The molecule has 1 amide bonds. The van der Waals surface area contributed by atoms with Crippen LogP contribution in [0.2, 0.25) is 10.0 Å². The van der Waals surface area contributed by atoms with Crippen molar-refractivity contribution in [3.63, 3.8) is 0 Å². The highest BCUT2D eigenvalue weighted by molar-refractivity contribution is 6.42. The number of carbonyl (C=O) groups is 2. The number of halogens is 2. The normalized spacial score (nSPS) is 11.9. The molecule has 0 aliphatic carbocycles. The SMILES string of the molecule is COC(=O)C(C)CN(CCO)C(=O)c1ccc(Cl)c(Cl)c1. The van der Waals surface area contributed by atoms with Crippen LogP contribution in [0, 0.1) is 5.92 Å². The fraction of sp³-hybridized carbons (Fsp3) is 0.429. The van der Waals surface area contributed by atoms with E-state index in [1.54, 1.807) is 13.0 Å². The summed E-state index contributed by atoms with van der Waals surface area (Å²) in [6.07, 6.45) is 0. The van der Waals surface area contributed by atoms with Gasteiger partial charge >= 0.3 is 5.97 Å². The Bertz CT molecular complexity index is 522. The van der Waals surface area contributed by atoms with Gasteiger partial charge in [0.25, 0.3) is 5.91 Å². The monoisotopic (exact) mass is 333 g/mol. The van der Waals surface area contributed by atoms with Crippen LogP contribution in [0.5, 0.6) is 0 Å². The first-order valence-corrected chi connectivity index (χ1v) is 7.09. The number of amides is 1. The smallest absolute Gasteiger partial charge is 0.310 e. The molecule has 1 N–H and O–H groups in total. The summed E-state index contributed by atoms with van der Waals surface area (Å²) in [6.45, 7) is 1.70. The van der Waals surface area contributed by atoms with Crippen LogP contribution in [-0.2, 0) is 9.53 Å². The summed E-state index contributed by atoms with van der Waals surface area (Å²) in [5, 5.41) is 9.71. The molecule has 1 rings (SSSR count). The van der Waals surface area contributed by atoms with Crippen molar-refractivity contribution in [2.45, 2.75) is 6.92 Å². The van der Waals surface area contributed by atoms with Gasteiger partial charge in [-0.2, -0.15) is 0 Å². The van der Waals surface area contributed by atoms with E-state index in [0.29, 0.717) is 10.6 Å². The highest BCUT2D eigenvalue weighted by Gasteiger charge is 2.22. The van der Waals surface area contributed by atoms with Gasteiger partial charge in [-0.3, -0.25) is 9.59 Å². The Hall–Kier alpha value is -1.30. The molecule has 0 spiro atoms. The first kappa shape index (κ1) is 17.8. The van der Waals surface area contributed by atoms with Crippen LogP contribution in [0.3, 0.4) is 0 Å². The molecule has 0 fully saturated rings. The fourth-order valence-electron chi connectivity index (χ4n) is 1.81. The molecule has 0 radical (unpaired) electrons. The minimum absolute atomic E-state index is 0.112. The Balaban J connectivity index is 2.90. The van der Waals surface area contributed by atoms with Gasteiger partial charge in [0.05, 0.1) is 29.7 Å². The predicted molar refractivity (Wildman–Crippen MR) is 80.6 cm³/mol. The van der Waals surface area contributed by atoms with Gasteiger partial charge in [0.2, 0.25) is 0 Å². The quantitative estimate of drug-likeness (QED) is 0.810. The van der Waals surface area contributed by atoms with Gasteiger partial charge in [-0.1, -0.05) is 30.1 Å². The summed E-state index contributed by atoms with van der Waals surface area (Å²) in [6, 6.07) is 4.53. The molecule has 5 nitrogen and oxygen atoms in total. The van der Waals surface area contributed by atoms with E-state index in [1.165, 1.54) is 24.1 Å². The number of esters is 1. The van der Waals surface area contributed by atoms with Crippen LogP contribution in [-0.4, -0.2) is 48.7 Å². The van der Waals surface area contributed by atoms with Crippen molar-refractivity contribution < 1.29 is 19.4 Å². The molecular weight excluding hydrogens is 317 g/mol. The summed E-state index contributed by atoms with van der Waals surface area (Å²) in [4.78, 5) is 25.2. The standard InChI is InChI=1S/C14H17Cl2NO4/c1-9(14(20)21-2)8-17(5-6-18)13(19)10-3-4-11(15)12(16)7-10/h3-4,7,9,18H,5-6,8H2,1-2H3. The number of rotatable bonds is 6. The molecule has 1 aromatic carbocycles. The lowest BCUT2D eigenvalue weighted by Crippen LogP contribution is -2.39. The second kappa shape index (κ2) is 8.22. The molecule has 0 aromatic heterocycles.